The Kier molecular flexibility index (Phi) is 29.9. The van der Waals surface area contributed by atoms with Crippen molar-refractivity contribution in [1.29, 1.82) is 0 Å². The van der Waals surface area contributed by atoms with Crippen LogP contribution >= 0.6 is 0 Å². The van der Waals surface area contributed by atoms with Crippen molar-refractivity contribution < 1.29 is 28.8 Å². The second-order valence-corrected chi connectivity index (χ2v) is 15.8. The maximum atomic E-state index is 14.4. The maximum absolute atomic E-state index is 14.4. The van der Waals surface area contributed by atoms with Crippen LogP contribution in [0.25, 0.3) is 0 Å². The van der Waals surface area contributed by atoms with Crippen molar-refractivity contribution in [3.63, 3.8) is 0 Å². The minimum absolute atomic E-state index is 0.0371. The highest BCUT2D eigenvalue weighted by atomic mass is 16.2. The summed E-state index contributed by atoms with van der Waals surface area (Å²) >= 11 is 0. The Morgan fingerprint density at radius 1 is 0.386 bits per heavy atom. The largest absolute Gasteiger partial charge is 0.330 e. The molecule has 0 radical (unpaired) electrons. The van der Waals surface area contributed by atoms with Gasteiger partial charge in [0, 0.05) is 39.0 Å². The summed E-state index contributed by atoms with van der Waals surface area (Å²) in [5.41, 5.74) is -4.00. The van der Waals surface area contributed by atoms with Crippen LogP contribution in [0.3, 0.4) is 0 Å². The van der Waals surface area contributed by atoms with E-state index in [4.69, 9.17) is 0 Å². The number of carbonyl (C=O) groups excluding carboxylic acids is 6. The van der Waals surface area contributed by atoms with Crippen LogP contribution in [-0.4, -0.2) is 59.1 Å². The number of nitrogens with one attached hydrogen (secondary N) is 7. The van der Waals surface area contributed by atoms with Crippen LogP contribution in [0, 0.1) is 0 Å². The number of carbonyl (C=O) groups is 6. The first-order chi connectivity index (χ1) is 27.3. The maximum Gasteiger partial charge on any atom is 0.234 e. The zero-order valence-corrected chi connectivity index (χ0v) is 37.5. The number of amides is 6. The Balaban J connectivity index is 8.58. The molecular weight excluding hydrogens is 723 g/mol. The van der Waals surface area contributed by atoms with Gasteiger partial charge in [0.05, 0.1) is 0 Å². The number of unbranched alkanes of at least 4 members (excludes halogenated alkanes) is 14. The molecule has 0 aromatic heterocycles. The summed E-state index contributed by atoms with van der Waals surface area (Å²) in [4.78, 5) is 85.1. The van der Waals surface area contributed by atoms with E-state index in [1.165, 1.54) is 6.92 Å². The van der Waals surface area contributed by atoms with E-state index in [9.17, 15) is 28.8 Å². The van der Waals surface area contributed by atoms with Gasteiger partial charge in [-0.25, -0.2) is 0 Å². The fraction of sp³-hybridized carbons (Fsp3) is 0.864. The third kappa shape index (κ3) is 20.3. The summed E-state index contributed by atoms with van der Waals surface area (Å²) in [5.74, 6) is -5.04. The molecule has 332 valence electrons. The fourth-order valence-electron chi connectivity index (χ4n) is 7.21. The van der Waals surface area contributed by atoms with Gasteiger partial charge in [-0.3, -0.25) is 34.1 Å². The molecule has 0 aliphatic carbocycles. The van der Waals surface area contributed by atoms with Gasteiger partial charge < -0.3 is 31.9 Å². The highest BCUT2D eigenvalue weighted by Crippen LogP contribution is 2.34. The lowest BCUT2D eigenvalue weighted by Gasteiger charge is -2.60. The van der Waals surface area contributed by atoms with E-state index in [0.717, 1.165) is 83.5 Å². The van der Waals surface area contributed by atoms with E-state index in [1.807, 2.05) is 20.8 Å². The minimum atomic E-state index is -2.28. The van der Waals surface area contributed by atoms with Crippen LogP contribution in [-0.2, 0) is 28.8 Å². The third-order valence-corrected chi connectivity index (χ3v) is 10.4. The highest BCUT2D eigenvalue weighted by Gasteiger charge is 2.67. The molecule has 0 saturated carbocycles. The van der Waals surface area contributed by atoms with Crippen molar-refractivity contribution in [2.45, 2.75) is 239 Å². The molecule has 0 saturated heterocycles. The lowest BCUT2D eigenvalue weighted by molar-refractivity contribution is -0.152. The first-order valence-electron chi connectivity index (χ1n) is 22.9. The van der Waals surface area contributed by atoms with Gasteiger partial charge in [0.15, 0.2) is 11.3 Å². The summed E-state index contributed by atoms with van der Waals surface area (Å²) in [6, 6.07) is 0. The topological polar surface area (TPSA) is 187 Å². The molecule has 0 fully saturated rings. The second kappa shape index (κ2) is 31.7. The Morgan fingerprint density at radius 2 is 0.772 bits per heavy atom. The standard InChI is InChI=1S/C44H85N7O6/c1-9-16-22-25-28-33-41(57)51-44(49-39(55)31-26-19-12-4,50-40(56)32-27-23-17-10-2)43(45-35-21-14-6,48-38(54)30-20-13-5)42(46-36(8)52,47-37(53)15-7)34-29-24-18-11-3/h45H,9-35H2,1-8H3,(H,46,52)(H,47,53)(H,48,54)(H,49,55)(H,50,56)(H,51,57). The van der Waals surface area contributed by atoms with Gasteiger partial charge in [0.2, 0.25) is 41.2 Å². The molecule has 0 spiro atoms. The van der Waals surface area contributed by atoms with E-state index in [0.29, 0.717) is 44.9 Å². The average Bonchev–Trinajstić information content (AvgIpc) is 3.16. The smallest absolute Gasteiger partial charge is 0.234 e. The Morgan fingerprint density at radius 3 is 1.23 bits per heavy atom. The second-order valence-electron chi connectivity index (χ2n) is 15.8. The molecule has 6 amide bonds. The molecule has 13 heteroatoms. The van der Waals surface area contributed by atoms with Crippen LogP contribution in [0.5, 0.6) is 0 Å². The molecule has 3 unspecified atom stereocenters. The number of rotatable bonds is 36. The molecule has 0 aliphatic rings. The molecule has 13 nitrogen and oxygen atoms in total. The van der Waals surface area contributed by atoms with E-state index in [-0.39, 0.29) is 45.1 Å². The average molecular weight is 808 g/mol. The summed E-state index contributed by atoms with van der Waals surface area (Å²) in [7, 11) is 0. The van der Waals surface area contributed by atoms with Crippen molar-refractivity contribution in [2.24, 2.45) is 0 Å². The zero-order valence-electron chi connectivity index (χ0n) is 37.5. The molecule has 57 heavy (non-hydrogen) atoms. The first-order valence-corrected chi connectivity index (χ1v) is 22.9. The monoisotopic (exact) mass is 808 g/mol. The van der Waals surface area contributed by atoms with Gasteiger partial charge in [-0.15, -0.1) is 0 Å². The third-order valence-electron chi connectivity index (χ3n) is 10.4. The van der Waals surface area contributed by atoms with E-state index in [2.05, 4.69) is 58.0 Å². The molecule has 0 rings (SSSR count). The summed E-state index contributed by atoms with van der Waals surface area (Å²) < 4.78 is 0. The number of hydrogen-bond acceptors (Lipinski definition) is 7. The van der Waals surface area contributed by atoms with Crippen molar-refractivity contribution in [3.8, 4) is 0 Å². The van der Waals surface area contributed by atoms with Gasteiger partial charge in [-0.05, 0) is 51.5 Å². The molecular formula is C44H85N7O6. The van der Waals surface area contributed by atoms with Crippen molar-refractivity contribution in [2.75, 3.05) is 6.54 Å². The van der Waals surface area contributed by atoms with Crippen molar-refractivity contribution in [3.05, 3.63) is 0 Å². The van der Waals surface area contributed by atoms with Crippen LogP contribution in [0.2, 0.25) is 0 Å². The highest BCUT2D eigenvalue weighted by molar-refractivity contribution is 5.86. The van der Waals surface area contributed by atoms with E-state index >= 15 is 0 Å². The van der Waals surface area contributed by atoms with Crippen LogP contribution in [0.4, 0.5) is 0 Å². The van der Waals surface area contributed by atoms with Gasteiger partial charge in [0.25, 0.3) is 0 Å². The predicted molar refractivity (Wildman–Crippen MR) is 230 cm³/mol. The van der Waals surface area contributed by atoms with E-state index in [1.54, 1.807) is 6.92 Å². The lowest BCUT2D eigenvalue weighted by atomic mass is 9.78. The zero-order chi connectivity index (χ0) is 43.0. The predicted octanol–water partition coefficient (Wildman–Crippen LogP) is 7.62. The Labute approximate surface area is 346 Å². The Hall–Kier alpha value is -3.22. The Bertz CT molecular complexity index is 1170. The first kappa shape index (κ1) is 53.8. The van der Waals surface area contributed by atoms with Crippen LogP contribution < -0.4 is 37.2 Å². The molecule has 3 atom stereocenters. The van der Waals surface area contributed by atoms with Crippen LogP contribution in [0.1, 0.15) is 222 Å². The lowest BCUT2D eigenvalue weighted by Crippen LogP contribution is -2.97. The van der Waals surface area contributed by atoms with Crippen molar-refractivity contribution >= 4 is 35.4 Å². The summed E-state index contributed by atoms with van der Waals surface area (Å²) in [6.45, 7) is 15.6. The minimum Gasteiger partial charge on any atom is -0.330 e. The fourth-order valence-corrected chi connectivity index (χ4v) is 7.21. The molecule has 0 bridgehead atoms. The van der Waals surface area contributed by atoms with Gasteiger partial charge in [-0.2, -0.15) is 0 Å². The number of hydrogen-bond donors (Lipinski definition) is 7. The van der Waals surface area contributed by atoms with Crippen LogP contribution in [0.15, 0.2) is 0 Å². The normalized spacial score (nSPS) is 14.3. The quantitative estimate of drug-likeness (QED) is 0.0251. The van der Waals surface area contributed by atoms with Gasteiger partial charge >= 0.3 is 0 Å². The van der Waals surface area contributed by atoms with Crippen molar-refractivity contribution in [1.82, 2.24) is 37.2 Å². The molecule has 0 heterocycles. The van der Waals surface area contributed by atoms with Gasteiger partial charge in [-0.1, -0.05) is 138 Å². The molecule has 0 aromatic carbocycles. The summed E-state index contributed by atoms with van der Waals surface area (Å²) in [6.07, 6.45) is 15.9. The molecule has 7 N–H and O–H groups in total. The molecule has 0 aromatic rings. The molecule has 0 aliphatic heterocycles. The summed E-state index contributed by atoms with van der Waals surface area (Å²) in [5, 5.41) is 22.2. The van der Waals surface area contributed by atoms with Gasteiger partial charge in [0.1, 0.15) is 0 Å². The SMILES string of the molecule is CCCCCCCC(=O)NC(NC(=O)CCCCC)(NC(=O)CCCCCC)C(NCCCC)(NC(=O)CCCC)C(CCCCCC)(NC(C)=O)NC(=O)CC. The van der Waals surface area contributed by atoms with E-state index < -0.39 is 52.6 Å².